The molecule has 0 saturated heterocycles. The molecule has 0 unspecified atom stereocenters. The first-order chi connectivity index (χ1) is 10.4. The van der Waals surface area contributed by atoms with Crippen molar-refractivity contribution in [3.8, 4) is 11.8 Å². The Hall–Kier alpha value is -1.87. The molecule has 0 atom stereocenters. The third-order valence-electron chi connectivity index (χ3n) is 2.85. The van der Waals surface area contributed by atoms with Crippen LogP contribution in [-0.4, -0.2) is 16.5 Å². The molecule has 0 saturated carbocycles. The van der Waals surface area contributed by atoms with Gasteiger partial charge in [-0.15, -0.1) is 23.1 Å². The fraction of sp³-hybridized carbons (Fsp3) is 0.125. The third kappa shape index (κ3) is 3.42. The van der Waals surface area contributed by atoms with Crippen molar-refractivity contribution in [1.82, 2.24) is 9.97 Å². The average Bonchev–Trinajstić information content (AvgIpc) is 2.99. The van der Waals surface area contributed by atoms with Crippen molar-refractivity contribution < 1.29 is 0 Å². The van der Waals surface area contributed by atoms with Crippen LogP contribution in [-0.2, 0) is 5.75 Å². The summed E-state index contributed by atoms with van der Waals surface area (Å²) in [6.45, 7) is 0.396. The van der Waals surface area contributed by atoms with Crippen molar-refractivity contribution in [2.24, 2.45) is 5.73 Å². The van der Waals surface area contributed by atoms with E-state index in [4.69, 9.17) is 5.73 Å². The van der Waals surface area contributed by atoms with Gasteiger partial charge in [-0.25, -0.2) is 9.97 Å². The largest absolute Gasteiger partial charge is 0.320 e. The summed E-state index contributed by atoms with van der Waals surface area (Å²) >= 11 is 3.44. The number of hydrogen-bond donors (Lipinski definition) is 1. The SMILES string of the molecule is NCC#Cc1csc(CSc2ncnc3ccccc23)c1. The van der Waals surface area contributed by atoms with Crippen LogP contribution in [0, 0.1) is 11.8 Å². The molecule has 2 aromatic heterocycles. The van der Waals surface area contributed by atoms with Crippen LogP contribution in [0.5, 0.6) is 0 Å². The van der Waals surface area contributed by atoms with Crippen molar-refractivity contribution in [2.75, 3.05) is 6.54 Å². The molecular formula is C16H13N3S2. The number of nitrogens with two attached hydrogens (primary N) is 1. The highest BCUT2D eigenvalue weighted by Crippen LogP contribution is 2.29. The van der Waals surface area contributed by atoms with E-state index in [1.54, 1.807) is 29.4 Å². The van der Waals surface area contributed by atoms with Gasteiger partial charge in [0.1, 0.15) is 11.4 Å². The van der Waals surface area contributed by atoms with Gasteiger partial charge in [0.05, 0.1) is 12.1 Å². The lowest BCUT2D eigenvalue weighted by Crippen LogP contribution is -1.92. The molecule has 3 nitrogen and oxygen atoms in total. The van der Waals surface area contributed by atoms with Crippen molar-refractivity contribution in [2.45, 2.75) is 10.8 Å². The Morgan fingerprint density at radius 2 is 2.14 bits per heavy atom. The van der Waals surface area contributed by atoms with Crippen molar-refractivity contribution in [3.63, 3.8) is 0 Å². The van der Waals surface area contributed by atoms with Gasteiger partial charge in [-0.2, -0.15) is 0 Å². The maximum absolute atomic E-state index is 5.38. The third-order valence-corrected chi connectivity index (χ3v) is 5.02. The maximum Gasteiger partial charge on any atom is 0.117 e. The number of aromatic nitrogens is 2. The zero-order valence-electron chi connectivity index (χ0n) is 11.2. The molecule has 5 heteroatoms. The zero-order chi connectivity index (χ0) is 14.5. The van der Waals surface area contributed by atoms with Gasteiger partial charge in [-0.1, -0.05) is 30.0 Å². The second-order valence-electron chi connectivity index (χ2n) is 4.29. The van der Waals surface area contributed by atoms with E-state index in [-0.39, 0.29) is 0 Å². The molecule has 104 valence electrons. The van der Waals surface area contributed by atoms with Crippen LogP contribution in [0.3, 0.4) is 0 Å². The molecule has 21 heavy (non-hydrogen) atoms. The van der Waals surface area contributed by atoms with Gasteiger partial charge < -0.3 is 5.73 Å². The molecule has 0 bridgehead atoms. The van der Waals surface area contributed by atoms with E-state index < -0.39 is 0 Å². The molecule has 0 aliphatic carbocycles. The Morgan fingerprint density at radius 3 is 3.05 bits per heavy atom. The molecule has 0 fully saturated rings. The minimum absolute atomic E-state index is 0.396. The predicted molar refractivity (Wildman–Crippen MR) is 89.4 cm³/mol. The number of thiophene rings is 1. The van der Waals surface area contributed by atoms with Gasteiger partial charge in [0, 0.05) is 27.0 Å². The molecule has 2 heterocycles. The molecule has 0 aliphatic rings. The quantitative estimate of drug-likeness (QED) is 0.458. The maximum atomic E-state index is 5.38. The first-order valence-corrected chi connectivity index (χ1v) is 8.32. The van der Waals surface area contributed by atoms with E-state index in [1.165, 1.54) is 4.88 Å². The standard InChI is InChI=1S/C16H13N3S2/c17-7-3-4-12-8-13(20-9-12)10-21-16-14-5-1-2-6-15(14)18-11-19-16/h1-2,5-6,8-9,11H,7,10,17H2. The predicted octanol–water partition coefficient (Wildman–Crippen LogP) is 3.29. The van der Waals surface area contributed by atoms with E-state index in [9.17, 15) is 0 Å². The van der Waals surface area contributed by atoms with Gasteiger partial charge in [-0.05, 0) is 12.1 Å². The van der Waals surface area contributed by atoms with Crippen LogP contribution in [0.2, 0.25) is 0 Å². The topological polar surface area (TPSA) is 51.8 Å². The fourth-order valence-corrected chi connectivity index (χ4v) is 3.77. The minimum atomic E-state index is 0.396. The summed E-state index contributed by atoms with van der Waals surface area (Å²) in [6, 6.07) is 10.2. The highest BCUT2D eigenvalue weighted by molar-refractivity contribution is 7.98. The lowest BCUT2D eigenvalue weighted by Gasteiger charge is -2.03. The van der Waals surface area contributed by atoms with Crippen LogP contribution in [0.25, 0.3) is 10.9 Å². The van der Waals surface area contributed by atoms with Gasteiger partial charge in [0.2, 0.25) is 0 Å². The molecule has 0 amide bonds. The van der Waals surface area contributed by atoms with E-state index >= 15 is 0 Å². The normalized spacial score (nSPS) is 10.3. The molecule has 0 spiro atoms. The number of fused-ring (bicyclic) bond motifs is 1. The monoisotopic (exact) mass is 311 g/mol. The van der Waals surface area contributed by atoms with Crippen LogP contribution in [0.1, 0.15) is 10.4 Å². The number of benzene rings is 1. The summed E-state index contributed by atoms with van der Waals surface area (Å²) in [5, 5.41) is 4.18. The second-order valence-corrected chi connectivity index (χ2v) is 6.25. The molecule has 0 radical (unpaired) electrons. The molecule has 1 aromatic carbocycles. The van der Waals surface area contributed by atoms with Gasteiger partial charge in [0.15, 0.2) is 0 Å². The Bertz CT molecular complexity index is 809. The Labute approximate surface area is 131 Å². The first kappa shape index (κ1) is 14.1. The highest BCUT2D eigenvalue weighted by Gasteiger charge is 2.05. The molecule has 2 N–H and O–H groups in total. The average molecular weight is 311 g/mol. The molecular weight excluding hydrogens is 298 g/mol. The summed E-state index contributed by atoms with van der Waals surface area (Å²) in [5.74, 6) is 6.81. The van der Waals surface area contributed by atoms with Crippen molar-refractivity contribution in [3.05, 3.63) is 52.5 Å². The van der Waals surface area contributed by atoms with Crippen molar-refractivity contribution in [1.29, 1.82) is 0 Å². The van der Waals surface area contributed by atoms with Crippen LogP contribution >= 0.6 is 23.1 Å². The summed E-state index contributed by atoms with van der Waals surface area (Å²) in [5.41, 5.74) is 7.40. The van der Waals surface area contributed by atoms with Gasteiger partial charge in [-0.3, -0.25) is 0 Å². The molecule has 0 aliphatic heterocycles. The number of para-hydroxylation sites is 1. The summed E-state index contributed by atoms with van der Waals surface area (Å²) < 4.78 is 0. The smallest absolute Gasteiger partial charge is 0.117 e. The Morgan fingerprint density at radius 1 is 1.24 bits per heavy atom. The number of thioether (sulfide) groups is 1. The summed E-state index contributed by atoms with van der Waals surface area (Å²) in [7, 11) is 0. The Balaban J connectivity index is 1.76. The molecule has 3 rings (SSSR count). The number of hydrogen-bond acceptors (Lipinski definition) is 5. The fourth-order valence-electron chi connectivity index (χ4n) is 1.91. The van der Waals surface area contributed by atoms with Crippen LogP contribution < -0.4 is 5.73 Å². The summed E-state index contributed by atoms with van der Waals surface area (Å²) in [6.07, 6.45) is 1.62. The van der Waals surface area contributed by atoms with Crippen LogP contribution in [0.4, 0.5) is 0 Å². The number of rotatable bonds is 3. The molecule has 3 aromatic rings. The van der Waals surface area contributed by atoms with E-state index in [0.29, 0.717) is 6.54 Å². The number of nitrogens with zero attached hydrogens (tertiary/aromatic N) is 2. The lowest BCUT2D eigenvalue weighted by molar-refractivity contribution is 1.10. The van der Waals surface area contributed by atoms with E-state index in [0.717, 1.165) is 27.2 Å². The highest BCUT2D eigenvalue weighted by atomic mass is 32.2. The summed E-state index contributed by atoms with van der Waals surface area (Å²) in [4.78, 5) is 9.95. The minimum Gasteiger partial charge on any atom is -0.320 e. The first-order valence-electron chi connectivity index (χ1n) is 6.45. The van der Waals surface area contributed by atoms with Gasteiger partial charge in [0.25, 0.3) is 0 Å². The van der Waals surface area contributed by atoms with E-state index in [1.807, 2.05) is 18.2 Å². The Kier molecular flexibility index (Phi) is 4.51. The van der Waals surface area contributed by atoms with Crippen molar-refractivity contribution >= 4 is 34.0 Å². The van der Waals surface area contributed by atoms with Gasteiger partial charge >= 0.3 is 0 Å². The lowest BCUT2D eigenvalue weighted by atomic mass is 10.2. The zero-order valence-corrected chi connectivity index (χ0v) is 12.9. The second kappa shape index (κ2) is 6.72. The van der Waals surface area contributed by atoms with E-state index in [2.05, 4.69) is 39.3 Å². The van der Waals surface area contributed by atoms with Crippen LogP contribution in [0.15, 0.2) is 47.1 Å².